The van der Waals surface area contributed by atoms with Crippen LogP contribution in [0.2, 0.25) is 10.0 Å². The molecule has 0 heterocycles. The second-order valence-corrected chi connectivity index (χ2v) is 5.84. The maximum absolute atomic E-state index is 6.05. The number of nitrogens with two attached hydrogens (primary N) is 1. The van der Waals surface area contributed by atoms with Gasteiger partial charge in [0, 0.05) is 21.3 Å². The Morgan fingerprint density at radius 3 is 2.47 bits per heavy atom. The van der Waals surface area contributed by atoms with E-state index in [1.807, 2.05) is 24.3 Å². The highest BCUT2D eigenvalue weighted by Crippen LogP contribution is 2.51. The van der Waals surface area contributed by atoms with Gasteiger partial charge in [0.1, 0.15) is 0 Å². The van der Waals surface area contributed by atoms with Crippen LogP contribution in [0.1, 0.15) is 16.0 Å². The summed E-state index contributed by atoms with van der Waals surface area (Å²) < 4.78 is 0. The van der Waals surface area contributed by atoms with Crippen molar-refractivity contribution in [2.45, 2.75) is 4.83 Å². The summed E-state index contributed by atoms with van der Waals surface area (Å²) in [6.07, 6.45) is 0. The number of halogens is 3. The molecular formula is C13H8BrCl2N. The average Bonchev–Trinajstić information content (AvgIpc) is 2.53. The zero-order valence-electron chi connectivity index (χ0n) is 8.68. The summed E-state index contributed by atoms with van der Waals surface area (Å²) in [5.41, 5.74) is 11.2. The molecule has 0 fully saturated rings. The summed E-state index contributed by atoms with van der Waals surface area (Å²) in [5, 5.41) is 1.38. The molecule has 0 aromatic heterocycles. The zero-order chi connectivity index (χ0) is 12.2. The van der Waals surface area contributed by atoms with Crippen LogP contribution in [0, 0.1) is 0 Å². The van der Waals surface area contributed by atoms with Gasteiger partial charge in [0.15, 0.2) is 0 Å². The maximum atomic E-state index is 6.05. The smallest absolute Gasteiger partial charge is 0.0658 e. The summed E-state index contributed by atoms with van der Waals surface area (Å²) in [6, 6.07) is 9.57. The molecule has 1 aliphatic rings. The van der Waals surface area contributed by atoms with Gasteiger partial charge in [0.2, 0.25) is 0 Å². The van der Waals surface area contributed by atoms with Crippen molar-refractivity contribution in [3.8, 4) is 11.1 Å². The summed E-state index contributed by atoms with van der Waals surface area (Å²) in [5.74, 6) is 0. The topological polar surface area (TPSA) is 26.0 Å². The summed E-state index contributed by atoms with van der Waals surface area (Å²) >= 11 is 15.7. The lowest BCUT2D eigenvalue weighted by atomic mass is 10.0. The Morgan fingerprint density at radius 2 is 1.71 bits per heavy atom. The van der Waals surface area contributed by atoms with Crippen molar-refractivity contribution in [3.63, 3.8) is 0 Å². The van der Waals surface area contributed by atoms with Crippen LogP contribution in [0.25, 0.3) is 11.1 Å². The first kappa shape index (κ1) is 11.4. The molecule has 0 aliphatic heterocycles. The molecule has 1 nitrogen and oxygen atoms in total. The number of fused-ring (bicyclic) bond motifs is 3. The second-order valence-electron chi connectivity index (χ2n) is 4.05. The number of rotatable bonds is 0. The molecular weight excluding hydrogens is 321 g/mol. The van der Waals surface area contributed by atoms with Crippen LogP contribution >= 0.6 is 39.1 Å². The van der Waals surface area contributed by atoms with Crippen LogP contribution in [0.5, 0.6) is 0 Å². The summed E-state index contributed by atoms with van der Waals surface area (Å²) in [6.45, 7) is 0. The fourth-order valence-corrected chi connectivity index (χ4v) is 3.45. The van der Waals surface area contributed by atoms with Crippen molar-refractivity contribution in [2.75, 3.05) is 5.73 Å². The quantitative estimate of drug-likeness (QED) is 0.532. The highest BCUT2D eigenvalue weighted by atomic mass is 79.9. The van der Waals surface area contributed by atoms with Crippen LogP contribution in [0.4, 0.5) is 5.69 Å². The van der Waals surface area contributed by atoms with Crippen molar-refractivity contribution in [3.05, 3.63) is 51.5 Å². The van der Waals surface area contributed by atoms with Crippen LogP contribution in [-0.4, -0.2) is 0 Å². The molecule has 2 N–H and O–H groups in total. The number of alkyl halides is 1. The van der Waals surface area contributed by atoms with Crippen LogP contribution in [0.15, 0.2) is 30.3 Å². The van der Waals surface area contributed by atoms with Gasteiger partial charge in [0.25, 0.3) is 0 Å². The Kier molecular flexibility index (Phi) is 2.62. The predicted octanol–water partition coefficient (Wildman–Crippen LogP) is 5.04. The van der Waals surface area contributed by atoms with Gasteiger partial charge >= 0.3 is 0 Å². The van der Waals surface area contributed by atoms with E-state index in [1.54, 1.807) is 6.07 Å². The number of nitrogen functional groups attached to an aromatic ring is 1. The van der Waals surface area contributed by atoms with E-state index in [-0.39, 0.29) is 4.83 Å². The van der Waals surface area contributed by atoms with E-state index in [4.69, 9.17) is 28.9 Å². The number of hydrogen-bond acceptors (Lipinski definition) is 1. The van der Waals surface area contributed by atoms with Crippen LogP contribution in [-0.2, 0) is 0 Å². The first-order chi connectivity index (χ1) is 8.08. The molecule has 2 aromatic rings. The van der Waals surface area contributed by atoms with E-state index in [9.17, 15) is 0 Å². The standard InChI is InChI=1S/C13H8BrCl2N/c14-13-9-3-6(15)1-2-8(9)12-10(13)4-7(16)5-11(12)17/h1-5,13H,17H2/t13-/m0/s1. The Hall–Kier alpha value is -0.700. The minimum atomic E-state index is 0.104. The van der Waals surface area contributed by atoms with E-state index < -0.39 is 0 Å². The first-order valence-corrected chi connectivity index (χ1v) is 6.78. The van der Waals surface area contributed by atoms with Crippen molar-refractivity contribution in [1.82, 2.24) is 0 Å². The third-order valence-corrected chi connectivity index (χ3v) is 4.43. The van der Waals surface area contributed by atoms with E-state index in [2.05, 4.69) is 15.9 Å². The van der Waals surface area contributed by atoms with Crippen molar-refractivity contribution < 1.29 is 0 Å². The van der Waals surface area contributed by atoms with Gasteiger partial charge in [-0.3, -0.25) is 0 Å². The van der Waals surface area contributed by atoms with Crippen LogP contribution < -0.4 is 5.73 Å². The molecule has 0 saturated heterocycles. The fourth-order valence-electron chi connectivity index (χ4n) is 2.30. The Bertz CT molecular complexity index is 625. The third kappa shape index (κ3) is 1.67. The summed E-state index contributed by atoms with van der Waals surface area (Å²) in [4.78, 5) is 0.104. The van der Waals surface area contributed by atoms with Gasteiger partial charge in [-0.15, -0.1) is 0 Å². The molecule has 4 heteroatoms. The largest absolute Gasteiger partial charge is 0.398 e. The molecule has 0 bridgehead atoms. The molecule has 17 heavy (non-hydrogen) atoms. The number of hydrogen-bond donors (Lipinski definition) is 1. The maximum Gasteiger partial charge on any atom is 0.0658 e. The molecule has 0 spiro atoms. The highest BCUT2D eigenvalue weighted by molar-refractivity contribution is 9.09. The van der Waals surface area contributed by atoms with Gasteiger partial charge in [-0.1, -0.05) is 45.2 Å². The SMILES string of the molecule is Nc1cc(Cl)cc2c1-c1ccc(Cl)cc1[C@@H]2Br. The molecule has 1 aliphatic carbocycles. The third-order valence-electron chi connectivity index (χ3n) is 2.99. The van der Waals surface area contributed by atoms with E-state index in [0.29, 0.717) is 10.7 Å². The normalized spacial score (nSPS) is 16.8. The van der Waals surface area contributed by atoms with Gasteiger partial charge in [-0.2, -0.15) is 0 Å². The van der Waals surface area contributed by atoms with Gasteiger partial charge in [-0.25, -0.2) is 0 Å². The molecule has 86 valence electrons. The van der Waals surface area contributed by atoms with Crippen molar-refractivity contribution in [1.29, 1.82) is 0 Å². The monoisotopic (exact) mass is 327 g/mol. The molecule has 0 saturated carbocycles. The lowest BCUT2D eigenvalue weighted by Gasteiger charge is -2.06. The first-order valence-electron chi connectivity index (χ1n) is 5.10. The molecule has 0 amide bonds. The lowest BCUT2D eigenvalue weighted by molar-refractivity contribution is 1.25. The fraction of sp³-hybridized carbons (Fsp3) is 0.0769. The summed E-state index contributed by atoms with van der Waals surface area (Å²) in [7, 11) is 0. The molecule has 0 radical (unpaired) electrons. The van der Waals surface area contributed by atoms with E-state index in [1.165, 1.54) is 0 Å². The molecule has 2 aromatic carbocycles. The Balaban J connectivity index is 2.35. The minimum absolute atomic E-state index is 0.104. The highest BCUT2D eigenvalue weighted by Gasteiger charge is 2.28. The second kappa shape index (κ2) is 3.91. The molecule has 1 atom stereocenters. The zero-order valence-corrected chi connectivity index (χ0v) is 11.8. The predicted molar refractivity (Wildman–Crippen MR) is 77.1 cm³/mol. The van der Waals surface area contributed by atoms with E-state index in [0.717, 1.165) is 27.3 Å². The average molecular weight is 329 g/mol. The van der Waals surface area contributed by atoms with Crippen molar-refractivity contribution >= 4 is 44.8 Å². The lowest BCUT2D eigenvalue weighted by Crippen LogP contribution is -1.91. The van der Waals surface area contributed by atoms with Crippen molar-refractivity contribution in [2.24, 2.45) is 0 Å². The van der Waals surface area contributed by atoms with Gasteiger partial charge < -0.3 is 5.73 Å². The van der Waals surface area contributed by atoms with Crippen LogP contribution in [0.3, 0.4) is 0 Å². The Labute approximate surface area is 118 Å². The molecule has 3 rings (SSSR count). The number of benzene rings is 2. The van der Waals surface area contributed by atoms with E-state index >= 15 is 0 Å². The Morgan fingerprint density at radius 1 is 1.00 bits per heavy atom. The number of anilines is 1. The minimum Gasteiger partial charge on any atom is -0.398 e. The van der Waals surface area contributed by atoms with Gasteiger partial charge in [-0.05, 0) is 41.0 Å². The molecule has 0 unspecified atom stereocenters. The van der Waals surface area contributed by atoms with Gasteiger partial charge in [0.05, 0.1) is 4.83 Å².